The Balaban J connectivity index is 1.70. The Morgan fingerprint density at radius 1 is 1.20 bits per heavy atom. The monoisotopic (exact) mass is 400 g/mol. The van der Waals surface area contributed by atoms with Crippen molar-refractivity contribution in [2.24, 2.45) is 0 Å². The van der Waals surface area contributed by atoms with Crippen molar-refractivity contribution >= 4 is 33.4 Å². The first-order chi connectivity index (χ1) is 12.0. The maximum Gasteiger partial charge on any atom is 0.255 e. The van der Waals surface area contributed by atoms with Crippen LogP contribution in [0.2, 0.25) is 0 Å². The summed E-state index contributed by atoms with van der Waals surface area (Å²) < 4.78 is 0.953. The second kappa shape index (κ2) is 7.83. The Hall–Kier alpha value is -2.14. The summed E-state index contributed by atoms with van der Waals surface area (Å²) in [5.41, 5.74) is 3.34. The highest BCUT2D eigenvalue weighted by Crippen LogP contribution is 2.20. The molecule has 1 heterocycles. The minimum absolute atomic E-state index is 0.129. The summed E-state index contributed by atoms with van der Waals surface area (Å²) in [6, 6.07) is 13.3. The van der Waals surface area contributed by atoms with E-state index >= 15 is 0 Å². The molecule has 4 nitrogen and oxygen atoms in total. The van der Waals surface area contributed by atoms with Gasteiger partial charge >= 0.3 is 0 Å². The van der Waals surface area contributed by atoms with Crippen LogP contribution in [-0.4, -0.2) is 23.3 Å². The summed E-state index contributed by atoms with van der Waals surface area (Å²) >= 11 is 3.41. The van der Waals surface area contributed by atoms with Gasteiger partial charge in [0.15, 0.2) is 0 Å². The predicted octanol–water partition coefficient (Wildman–Crippen LogP) is 4.52. The van der Waals surface area contributed by atoms with Gasteiger partial charge in [0.05, 0.1) is 0 Å². The first-order valence-electron chi connectivity index (χ1n) is 8.47. The fourth-order valence-corrected chi connectivity index (χ4v) is 3.55. The van der Waals surface area contributed by atoms with Gasteiger partial charge in [-0.3, -0.25) is 9.59 Å². The molecule has 3 rings (SSSR count). The molecule has 0 unspecified atom stereocenters. The molecule has 2 aromatic rings. The van der Waals surface area contributed by atoms with Crippen LogP contribution < -0.4 is 5.32 Å². The maximum atomic E-state index is 12.5. The molecule has 1 aliphatic heterocycles. The number of hydrogen-bond donors (Lipinski definition) is 1. The van der Waals surface area contributed by atoms with Crippen LogP contribution in [0.1, 0.15) is 40.7 Å². The van der Waals surface area contributed by atoms with Gasteiger partial charge in [-0.2, -0.15) is 0 Å². The van der Waals surface area contributed by atoms with Crippen molar-refractivity contribution in [2.45, 2.75) is 32.7 Å². The van der Waals surface area contributed by atoms with E-state index in [0.717, 1.165) is 40.7 Å². The Labute approximate surface area is 156 Å². The fraction of sp³-hybridized carbons (Fsp3) is 0.300. The standard InChI is InChI=1S/C20H21BrN2O2/c1-14-11-16(21)8-9-18(14)20(25)22-17-6-4-5-15(12-17)13-23-10-3-2-7-19(23)24/h4-6,8-9,11-12H,2-3,7,10,13H2,1H3,(H,22,25). The number of hydrogen-bond acceptors (Lipinski definition) is 2. The van der Waals surface area contributed by atoms with Crippen molar-refractivity contribution in [1.82, 2.24) is 4.90 Å². The number of rotatable bonds is 4. The first kappa shape index (κ1) is 17.7. The molecule has 1 aliphatic rings. The summed E-state index contributed by atoms with van der Waals surface area (Å²) in [6.07, 6.45) is 2.68. The Morgan fingerprint density at radius 3 is 2.80 bits per heavy atom. The third-order valence-electron chi connectivity index (χ3n) is 4.41. The number of halogens is 1. The second-order valence-corrected chi connectivity index (χ2v) is 7.30. The van der Waals surface area contributed by atoms with Gasteiger partial charge in [-0.15, -0.1) is 0 Å². The Morgan fingerprint density at radius 2 is 2.04 bits per heavy atom. The molecule has 1 saturated heterocycles. The first-order valence-corrected chi connectivity index (χ1v) is 9.26. The lowest BCUT2D eigenvalue weighted by molar-refractivity contribution is -0.133. The third-order valence-corrected chi connectivity index (χ3v) is 4.91. The van der Waals surface area contributed by atoms with Crippen molar-refractivity contribution in [3.05, 3.63) is 63.6 Å². The molecule has 2 aromatic carbocycles. The number of carbonyl (C=O) groups is 2. The van der Waals surface area contributed by atoms with E-state index in [1.54, 1.807) is 0 Å². The number of nitrogens with zero attached hydrogens (tertiary/aromatic N) is 1. The minimum atomic E-state index is -0.129. The fourth-order valence-electron chi connectivity index (χ4n) is 3.08. The summed E-state index contributed by atoms with van der Waals surface area (Å²) in [5.74, 6) is 0.0855. The van der Waals surface area contributed by atoms with Crippen LogP contribution in [0, 0.1) is 6.92 Å². The molecule has 1 N–H and O–H groups in total. The lowest BCUT2D eigenvalue weighted by atomic mass is 10.1. The number of carbonyl (C=O) groups excluding carboxylic acids is 2. The van der Waals surface area contributed by atoms with Crippen molar-refractivity contribution in [3.63, 3.8) is 0 Å². The molecule has 0 aromatic heterocycles. The van der Waals surface area contributed by atoms with E-state index in [4.69, 9.17) is 0 Å². The number of likely N-dealkylation sites (tertiary alicyclic amines) is 1. The molecule has 0 aliphatic carbocycles. The summed E-state index contributed by atoms with van der Waals surface area (Å²) in [7, 11) is 0. The van der Waals surface area contributed by atoms with E-state index in [0.29, 0.717) is 18.5 Å². The topological polar surface area (TPSA) is 49.4 Å². The van der Waals surface area contributed by atoms with E-state index in [1.165, 1.54) is 0 Å². The zero-order valence-electron chi connectivity index (χ0n) is 14.2. The number of aryl methyl sites for hydroxylation is 1. The van der Waals surface area contributed by atoms with Crippen LogP contribution in [-0.2, 0) is 11.3 Å². The van der Waals surface area contributed by atoms with E-state index in [1.807, 2.05) is 54.3 Å². The molecular weight excluding hydrogens is 380 g/mol. The molecule has 5 heteroatoms. The Bertz CT molecular complexity index is 804. The number of anilines is 1. The molecule has 25 heavy (non-hydrogen) atoms. The zero-order valence-corrected chi connectivity index (χ0v) is 15.8. The lowest BCUT2D eigenvalue weighted by Gasteiger charge is -2.26. The van der Waals surface area contributed by atoms with Crippen LogP contribution in [0.25, 0.3) is 0 Å². The highest BCUT2D eigenvalue weighted by Gasteiger charge is 2.18. The summed E-state index contributed by atoms with van der Waals surface area (Å²) in [5, 5.41) is 2.95. The quantitative estimate of drug-likeness (QED) is 0.819. The molecule has 1 fully saturated rings. The molecule has 0 atom stereocenters. The molecule has 0 saturated carbocycles. The maximum absolute atomic E-state index is 12.5. The van der Waals surface area contributed by atoms with Crippen molar-refractivity contribution in [1.29, 1.82) is 0 Å². The minimum Gasteiger partial charge on any atom is -0.338 e. The van der Waals surface area contributed by atoms with Crippen molar-refractivity contribution in [2.75, 3.05) is 11.9 Å². The number of nitrogens with one attached hydrogen (secondary N) is 1. The highest BCUT2D eigenvalue weighted by atomic mass is 79.9. The summed E-state index contributed by atoms with van der Waals surface area (Å²) in [6.45, 7) is 3.32. The molecule has 2 amide bonds. The van der Waals surface area contributed by atoms with Gasteiger partial charge in [0.25, 0.3) is 5.91 Å². The predicted molar refractivity (Wildman–Crippen MR) is 103 cm³/mol. The largest absolute Gasteiger partial charge is 0.338 e. The lowest BCUT2D eigenvalue weighted by Crippen LogP contribution is -2.34. The van der Waals surface area contributed by atoms with Crippen LogP contribution in [0.4, 0.5) is 5.69 Å². The average molecular weight is 401 g/mol. The smallest absolute Gasteiger partial charge is 0.255 e. The normalized spacial score (nSPS) is 14.5. The number of piperidine rings is 1. The van der Waals surface area contributed by atoms with Crippen LogP contribution in [0.15, 0.2) is 46.9 Å². The molecule has 0 bridgehead atoms. The van der Waals surface area contributed by atoms with E-state index < -0.39 is 0 Å². The van der Waals surface area contributed by atoms with Gasteiger partial charge in [-0.25, -0.2) is 0 Å². The molecule has 0 radical (unpaired) electrons. The van der Waals surface area contributed by atoms with Gasteiger partial charge in [0, 0.05) is 35.2 Å². The van der Waals surface area contributed by atoms with Gasteiger partial charge in [0.2, 0.25) is 5.91 Å². The van der Waals surface area contributed by atoms with Gasteiger partial charge < -0.3 is 10.2 Å². The molecule has 0 spiro atoms. The van der Waals surface area contributed by atoms with Gasteiger partial charge in [-0.05, 0) is 61.2 Å². The average Bonchev–Trinajstić information content (AvgIpc) is 2.57. The molecular formula is C20H21BrN2O2. The van der Waals surface area contributed by atoms with E-state index in [-0.39, 0.29) is 11.8 Å². The van der Waals surface area contributed by atoms with Gasteiger partial charge in [0.1, 0.15) is 0 Å². The van der Waals surface area contributed by atoms with Gasteiger partial charge in [-0.1, -0.05) is 28.1 Å². The van der Waals surface area contributed by atoms with Crippen LogP contribution in [0.3, 0.4) is 0 Å². The number of amides is 2. The number of benzene rings is 2. The second-order valence-electron chi connectivity index (χ2n) is 6.39. The van der Waals surface area contributed by atoms with Crippen LogP contribution in [0.5, 0.6) is 0 Å². The summed E-state index contributed by atoms with van der Waals surface area (Å²) in [4.78, 5) is 26.4. The Kier molecular flexibility index (Phi) is 5.53. The third kappa shape index (κ3) is 4.48. The SMILES string of the molecule is Cc1cc(Br)ccc1C(=O)Nc1cccc(CN2CCCCC2=O)c1. The van der Waals surface area contributed by atoms with Crippen molar-refractivity contribution < 1.29 is 9.59 Å². The zero-order chi connectivity index (χ0) is 17.8. The molecule has 130 valence electrons. The van der Waals surface area contributed by atoms with Crippen LogP contribution >= 0.6 is 15.9 Å². The highest BCUT2D eigenvalue weighted by molar-refractivity contribution is 9.10. The van der Waals surface area contributed by atoms with E-state index in [2.05, 4.69) is 21.2 Å². The van der Waals surface area contributed by atoms with Crippen molar-refractivity contribution in [3.8, 4) is 0 Å². The van der Waals surface area contributed by atoms with E-state index in [9.17, 15) is 9.59 Å².